The van der Waals surface area contributed by atoms with Crippen molar-refractivity contribution in [2.24, 2.45) is 5.73 Å². The Morgan fingerprint density at radius 2 is 2.35 bits per heavy atom. The predicted molar refractivity (Wildman–Crippen MR) is 84.2 cm³/mol. The van der Waals surface area contributed by atoms with Gasteiger partial charge in [0, 0.05) is 13.1 Å². The smallest absolute Gasteiger partial charge is 0.136 e. The maximum atomic E-state index is 6.00. The molecule has 1 aromatic rings. The number of halogens is 1. The molecule has 1 atom stereocenters. The fourth-order valence-corrected chi connectivity index (χ4v) is 2.93. The third-order valence-corrected chi connectivity index (χ3v) is 4.17. The molecule has 0 spiro atoms. The largest absolute Gasteiger partial charge is 0.489 e. The Hall–Kier alpha value is -0.620. The molecule has 0 bridgehead atoms. The van der Waals surface area contributed by atoms with Gasteiger partial charge in [0.05, 0.1) is 11.1 Å². The van der Waals surface area contributed by atoms with Gasteiger partial charge in [-0.2, -0.15) is 0 Å². The van der Waals surface area contributed by atoms with Crippen molar-refractivity contribution in [1.82, 2.24) is 4.90 Å². The number of rotatable bonds is 6. The zero-order valence-electron chi connectivity index (χ0n) is 12.0. The van der Waals surface area contributed by atoms with E-state index in [1.165, 1.54) is 0 Å². The lowest BCUT2D eigenvalue weighted by Crippen LogP contribution is -2.44. The van der Waals surface area contributed by atoms with E-state index in [2.05, 4.69) is 33.8 Å². The van der Waals surface area contributed by atoms with Gasteiger partial charge in [-0.15, -0.1) is 0 Å². The SMILES string of the molecule is CCN1CCOC(COc2c(Br)cccc2CCN)C1. The maximum Gasteiger partial charge on any atom is 0.136 e. The van der Waals surface area contributed by atoms with Crippen LogP contribution in [-0.4, -0.2) is 50.4 Å². The number of benzene rings is 1. The summed E-state index contributed by atoms with van der Waals surface area (Å²) in [4.78, 5) is 2.39. The lowest BCUT2D eigenvalue weighted by Gasteiger charge is -2.32. The van der Waals surface area contributed by atoms with Crippen molar-refractivity contribution in [3.05, 3.63) is 28.2 Å². The van der Waals surface area contributed by atoms with Crippen molar-refractivity contribution in [3.8, 4) is 5.75 Å². The van der Waals surface area contributed by atoms with Crippen molar-refractivity contribution >= 4 is 15.9 Å². The van der Waals surface area contributed by atoms with Crippen molar-refractivity contribution in [2.75, 3.05) is 39.4 Å². The molecule has 2 rings (SSSR count). The lowest BCUT2D eigenvalue weighted by atomic mass is 10.1. The lowest BCUT2D eigenvalue weighted by molar-refractivity contribution is -0.0466. The second-order valence-corrected chi connectivity index (χ2v) is 5.82. The van der Waals surface area contributed by atoms with Gasteiger partial charge in [-0.3, -0.25) is 4.90 Å². The van der Waals surface area contributed by atoms with Gasteiger partial charge in [-0.05, 0) is 47.1 Å². The van der Waals surface area contributed by atoms with Crippen molar-refractivity contribution < 1.29 is 9.47 Å². The van der Waals surface area contributed by atoms with Crippen molar-refractivity contribution in [2.45, 2.75) is 19.4 Å². The van der Waals surface area contributed by atoms with Crippen LogP contribution in [0.15, 0.2) is 22.7 Å². The van der Waals surface area contributed by atoms with E-state index >= 15 is 0 Å². The van der Waals surface area contributed by atoms with Crippen LogP contribution in [0, 0.1) is 0 Å². The van der Waals surface area contributed by atoms with Crippen LogP contribution in [0.1, 0.15) is 12.5 Å². The third-order valence-electron chi connectivity index (χ3n) is 3.55. The van der Waals surface area contributed by atoms with E-state index < -0.39 is 0 Å². The molecular formula is C15H23BrN2O2. The van der Waals surface area contributed by atoms with E-state index in [1.54, 1.807) is 0 Å². The molecule has 1 fully saturated rings. The van der Waals surface area contributed by atoms with E-state index in [-0.39, 0.29) is 6.10 Å². The molecule has 2 N–H and O–H groups in total. The van der Waals surface area contributed by atoms with E-state index in [0.717, 1.165) is 48.4 Å². The zero-order valence-corrected chi connectivity index (χ0v) is 13.6. The first-order valence-corrected chi connectivity index (χ1v) is 7.98. The number of nitrogens with zero attached hydrogens (tertiary/aromatic N) is 1. The second-order valence-electron chi connectivity index (χ2n) is 4.96. The summed E-state index contributed by atoms with van der Waals surface area (Å²) in [5.41, 5.74) is 6.80. The Bertz CT molecular complexity index is 428. The highest BCUT2D eigenvalue weighted by Gasteiger charge is 2.20. The third kappa shape index (κ3) is 4.19. The Balaban J connectivity index is 1.96. The molecule has 112 valence electrons. The normalized spacial score (nSPS) is 20.1. The molecule has 0 aromatic heterocycles. The first-order valence-electron chi connectivity index (χ1n) is 7.18. The van der Waals surface area contributed by atoms with Crippen LogP contribution >= 0.6 is 15.9 Å². The van der Waals surface area contributed by atoms with Gasteiger partial charge in [-0.25, -0.2) is 0 Å². The number of hydrogen-bond donors (Lipinski definition) is 1. The van der Waals surface area contributed by atoms with Crippen LogP contribution in [0.4, 0.5) is 0 Å². The second kappa shape index (κ2) is 7.98. The molecule has 0 radical (unpaired) electrons. The maximum absolute atomic E-state index is 6.00. The highest BCUT2D eigenvalue weighted by Crippen LogP contribution is 2.29. The van der Waals surface area contributed by atoms with Crippen LogP contribution in [-0.2, 0) is 11.2 Å². The van der Waals surface area contributed by atoms with Crippen LogP contribution in [0.3, 0.4) is 0 Å². The first kappa shape index (κ1) is 15.8. The van der Waals surface area contributed by atoms with E-state index in [1.807, 2.05) is 12.1 Å². The van der Waals surface area contributed by atoms with Crippen molar-refractivity contribution in [1.29, 1.82) is 0 Å². The molecule has 1 aliphatic rings. The van der Waals surface area contributed by atoms with Crippen LogP contribution < -0.4 is 10.5 Å². The molecule has 1 aliphatic heterocycles. The summed E-state index contributed by atoms with van der Waals surface area (Å²) in [5.74, 6) is 0.898. The Kier molecular flexibility index (Phi) is 6.29. The highest BCUT2D eigenvalue weighted by molar-refractivity contribution is 9.10. The summed E-state index contributed by atoms with van der Waals surface area (Å²) in [6.07, 6.45) is 0.961. The average molecular weight is 343 g/mol. The molecule has 4 nitrogen and oxygen atoms in total. The summed E-state index contributed by atoms with van der Waals surface area (Å²) >= 11 is 3.55. The fourth-order valence-electron chi connectivity index (χ4n) is 2.41. The minimum atomic E-state index is 0.140. The van der Waals surface area contributed by atoms with Gasteiger partial charge in [-0.1, -0.05) is 19.1 Å². The van der Waals surface area contributed by atoms with Gasteiger partial charge in [0.15, 0.2) is 0 Å². The summed E-state index contributed by atoms with van der Waals surface area (Å²) in [6, 6.07) is 6.07. The molecule has 0 aliphatic carbocycles. The minimum absolute atomic E-state index is 0.140. The predicted octanol–water partition coefficient (Wildman–Crippen LogP) is 2.05. The zero-order chi connectivity index (χ0) is 14.4. The number of para-hydroxylation sites is 1. The molecular weight excluding hydrogens is 320 g/mol. The Morgan fingerprint density at radius 3 is 3.10 bits per heavy atom. The standard InChI is InChI=1S/C15H23BrN2O2/c1-2-18-8-9-19-13(10-18)11-20-15-12(6-7-17)4-3-5-14(15)16/h3-5,13H,2,6-11,17H2,1H3. The Morgan fingerprint density at radius 1 is 1.50 bits per heavy atom. The number of nitrogens with two attached hydrogens (primary N) is 1. The molecule has 1 unspecified atom stereocenters. The topological polar surface area (TPSA) is 47.7 Å². The molecule has 1 saturated heterocycles. The van der Waals surface area contributed by atoms with E-state index in [4.69, 9.17) is 15.2 Å². The fraction of sp³-hybridized carbons (Fsp3) is 0.600. The molecule has 20 heavy (non-hydrogen) atoms. The van der Waals surface area contributed by atoms with Crippen molar-refractivity contribution in [3.63, 3.8) is 0 Å². The monoisotopic (exact) mass is 342 g/mol. The van der Waals surface area contributed by atoms with Crippen LogP contribution in [0.2, 0.25) is 0 Å². The van der Waals surface area contributed by atoms with Gasteiger partial charge in [0.25, 0.3) is 0 Å². The van der Waals surface area contributed by atoms with Gasteiger partial charge >= 0.3 is 0 Å². The molecule has 0 amide bonds. The summed E-state index contributed by atoms with van der Waals surface area (Å²) in [7, 11) is 0. The Labute approximate surface area is 129 Å². The highest BCUT2D eigenvalue weighted by atomic mass is 79.9. The van der Waals surface area contributed by atoms with E-state index in [0.29, 0.717) is 13.2 Å². The molecule has 1 heterocycles. The van der Waals surface area contributed by atoms with Gasteiger partial charge < -0.3 is 15.2 Å². The van der Waals surface area contributed by atoms with Crippen LogP contribution in [0.25, 0.3) is 0 Å². The number of likely N-dealkylation sites (N-methyl/N-ethyl adjacent to an activating group) is 1. The van der Waals surface area contributed by atoms with Crippen LogP contribution in [0.5, 0.6) is 5.75 Å². The number of morpholine rings is 1. The number of hydrogen-bond acceptors (Lipinski definition) is 4. The number of ether oxygens (including phenoxy) is 2. The average Bonchev–Trinajstić information content (AvgIpc) is 2.47. The molecule has 1 aromatic carbocycles. The first-order chi connectivity index (χ1) is 9.74. The molecule has 0 saturated carbocycles. The van der Waals surface area contributed by atoms with Gasteiger partial charge in [0.1, 0.15) is 18.5 Å². The molecule has 5 heteroatoms. The quantitative estimate of drug-likeness (QED) is 0.859. The summed E-state index contributed by atoms with van der Waals surface area (Å²) < 4.78 is 12.7. The minimum Gasteiger partial charge on any atom is -0.489 e. The summed E-state index contributed by atoms with van der Waals surface area (Å²) in [6.45, 7) is 7.18. The summed E-state index contributed by atoms with van der Waals surface area (Å²) in [5, 5.41) is 0. The van der Waals surface area contributed by atoms with Gasteiger partial charge in [0.2, 0.25) is 0 Å². The van der Waals surface area contributed by atoms with E-state index in [9.17, 15) is 0 Å².